The number of hydrogen-bond donors (Lipinski definition) is 0. The van der Waals surface area contributed by atoms with E-state index in [4.69, 9.17) is 11.6 Å². The molecule has 2 heterocycles. The quantitative estimate of drug-likeness (QED) is 0.358. The van der Waals surface area contributed by atoms with Gasteiger partial charge in [-0.25, -0.2) is 9.97 Å². The van der Waals surface area contributed by atoms with E-state index in [0.29, 0.717) is 21.3 Å². The molecule has 0 atom stereocenters. The minimum absolute atomic E-state index is 0.0294. The summed E-state index contributed by atoms with van der Waals surface area (Å²) in [5.41, 5.74) is 2.70. The van der Waals surface area contributed by atoms with Crippen LogP contribution in [0.5, 0.6) is 0 Å². The van der Waals surface area contributed by atoms with Gasteiger partial charge in [0.25, 0.3) is 5.56 Å². The summed E-state index contributed by atoms with van der Waals surface area (Å²) in [7, 11) is 1.75. The van der Waals surface area contributed by atoms with Crippen LogP contribution in [-0.2, 0) is 12.8 Å². The highest BCUT2D eigenvalue weighted by Crippen LogP contribution is 2.28. The standard InChI is InChI=1S/C19H14ClN3OS2/c1-23-18(24)15-4-2-3-5-16(15)22-19(23)26-11-14-10-25-17(21-14)12-6-8-13(20)9-7-12/h2-10H,11H2,1H3. The first-order valence-corrected chi connectivity index (χ1v) is 10.1. The fourth-order valence-electron chi connectivity index (χ4n) is 2.56. The minimum atomic E-state index is -0.0294. The molecule has 0 saturated carbocycles. The lowest BCUT2D eigenvalue weighted by Gasteiger charge is -2.07. The Morgan fingerprint density at radius 3 is 2.69 bits per heavy atom. The molecule has 4 rings (SSSR count). The molecule has 0 unspecified atom stereocenters. The van der Waals surface area contributed by atoms with E-state index in [1.807, 2.05) is 47.8 Å². The predicted molar refractivity (Wildman–Crippen MR) is 109 cm³/mol. The van der Waals surface area contributed by atoms with Crippen LogP contribution in [-0.4, -0.2) is 14.5 Å². The van der Waals surface area contributed by atoms with Crippen LogP contribution >= 0.6 is 34.7 Å². The Morgan fingerprint density at radius 2 is 1.88 bits per heavy atom. The Hall–Kier alpha value is -2.15. The van der Waals surface area contributed by atoms with E-state index in [0.717, 1.165) is 21.8 Å². The number of rotatable bonds is 4. The van der Waals surface area contributed by atoms with E-state index in [-0.39, 0.29) is 5.56 Å². The Bertz CT molecular complexity index is 1140. The molecule has 130 valence electrons. The normalized spacial score (nSPS) is 11.2. The van der Waals surface area contributed by atoms with Crippen LogP contribution in [0.25, 0.3) is 21.5 Å². The molecule has 0 aliphatic rings. The molecule has 0 saturated heterocycles. The van der Waals surface area contributed by atoms with Crippen LogP contribution in [0.15, 0.2) is 63.9 Å². The third-order valence-corrected chi connectivity index (χ3v) is 6.19. The maximum atomic E-state index is 12.5. The van der Waals surface area contributed by atoms with E-state index in [1.54, 1.807) is 29.0 Å². The summed E-state index contributed by atoms with van der Waals surface area (Å²) >= 11 is 9.05. The second-order valence-corrected chi connectivity index (χ2v) is 7.95. The van der Waals surface area contributed by atoms with E-state index in [1.165, 1.54) is 11.8 Å². The molecule has 0 radical (unpaired) electrons. The van der Waals surface area contributed by atoms with Crippen LogP contribution < -0.4 is 5.56 Å². The van der Waals surface area contributed by atoms with Crippen molar-refractivity contribution in [2.24, 2.45) is 7.05 Å². The highest BCUT2D eigenvalue weighted by molar-refractivity contribution is 7.98. The van der Waals surface area contributed by atoms with Crippen LogP contribution in [0.1, 0.15) is 5.69 Å². The van der Waals surface area contributed by atoms with Gasteiger partial charge < -0.3 is 0 Å². The van der Waals surface area contributed by atoms with Crippen molar-refractivity contribution in [2.45, 2.75) is 10.9 Å². The molecule has 4 nitrogen and oxygen atoms in total. The van der Waals surface area contributed by atoms with Crippen molar-refractivity contribution in [2.75, 3.05) is 0 Å². The van der Waals surface area contributed by atoms with Gasteiger partial charge in [0.2, 0.25) is 0 Å². The van der Waals surface area contributed by atoms with Gasteiger partial charge in [-0.05, 0) is 24.3 Å². The molecule has 0 spiro atoms. The number of para-hydroxylation sites is 1. The van der Waals surface area contributed by atoms with Gasteiger partial charge in [-0.2, -0.15) is 0 Å². The zero-order valence-electron chi connectivity index (χ0n) is 13.8. The number of benzene rings is 2. The lowest BCUT2D eigenvalue weighted by molar-refractivity contribution is 0.726. The third-order valence-electron chi connectivity index (χ3n) is 3.93. The van der Waals surface area contributed by atoms with E-state index in [9.17, 15) is 4.79 Å². The number of thioether (sulfide) groups is 1. The SMILES string of the molecule is Cn1c(SCc2csc(-c3ccc(Cl)cc3)n2)nc2ccccc2c1=O. The van der Waals surface area contributed by atoms with Gasteiger partial charge in [0, 0.05) is 28.8 Å². The predicted octanol–water partition coefficient (Wildman–Crippen LogP) is 5.00. The summed E-state index contributed by atoms with van der Waals surface area (Å²) < 4.78 is 1.60. The number of hydrogen-bond acceptors (Lipinski definition) is 5. The maximum absolute atomic E-state index is 12.5. The lowest BCUT2D eigenvalue weighted by atomic mass is 10.2. The van der Waals surface area contributed by atoms with Crippen molar-refractivity contribution in [3.05, 3.63) is 75.0 Å². The van der Waals surface area contributed by atoms with Crippen molar-refractivity contribution in [3.8, 4) is 10.6 Å². The zero-order valence-corrected chi connectivity index (χ0v) is 16.2. The molecule has 2 aromatic heterocycles. The Kier molecular flexibility index (Phi) is 4.80. The van der Waals surface area contributed by atoms with Crippen molar-refractivity contribution in [3.63, 3.8) is 0 Å². The Balaban J connectivity index is 1.56. The molecule has 0 amide bonds. The van der Waals surface area contributed by atoms with Crippen LogP contribution in [0.3, 0.4) is 0 Å². The summed E-state index contributed by atoms with van der Waals surface area (Å²) in [4.78, 5) is 21.8. The maximum Gasteiger partial charge on any atom is 0.261 e. The van der Waals surface area contributed by atoms with Crippen molar-refractivity contribution >= 4 is 45.6 Å². The van der Waals surface area contributed by atoms with E-state index < -0.39 is 0 Å². The van der Waals surface area contributed by atoms with Gasteiger partial charge >= 0.3 is 0 Å². The van der Waals surface area contributed by atoms with Crippen LogP contribution in [0.2, 0.25) is 5.02 Å². The number of halogens is 1. The molecule has 4 aromatic rings. The molecule has 2 aromatic carbocycles. The third kappa shape index (κ3) is 3.40. The average molecular weight is 400 g/mol. The summed E-state index contributed by atoms with van der Waals surface area (Å²) in [5, 5.41) is 5.03. The number of aromatic nitrogens is 3. The fraction of sp³-hybridized carbons (Fsp3) is 0.105. The Morgan fingerprint density at radius 1 is 1.12 bits per heavy atom. The molecule has 0 fully saturated rings. The minimum Gasteiger partial charge on any atom is -0.290 e. The van der Waals surface area contributed by atoms with Gasteiger partial charge in [-0.1, -0.05) is 47.6 Å². The molecule has 0 aliphatic carbocycles. The summed E-state index contributed by atoms with van der Waals surface area (Å²) in [6.45, 7) is 0. The topological polar surface area (TPSA) is 47.8 Å². The van der Waals surface area contributed by atoms with Gasteiger partial charge in [0.05, 0.1) is 16.6 Å². The van der Waals surface area contributed by atoms with Crippen LogP contribution in [0, 0.1) is 0 Å². The number of nitrogens with zero attached hydrogens (tertiary/aromatic N) is 3. The van der Waals surface area contributed by atoms with Crippen molar-refractivity contribution < 1.29 is 0 Å². The molecule has 7 heteroatoms. The lowest BCUT2D eigenvalue weighted by Crippen LogP contribution is -2.19. The number of fused-ring (bicyclic) bond motifs is 1. The van der Waals surface area contributed by atoms with Gasteiger partial charge in [0.15, 0.2) is 5.16 Å². The fourth-order valence-corrected chi connectivity index (χ4v) is 4.49. The monoisotopic (exact) mass is 399 g/mol. The number of thiazole rings is 1. The summed E-state index contributed by atoms with van der Waals surface area (Å²) in [6.07, 6.45) is 0. The summed E-state index contributed by atoms with van der Waals surface area (Å²) in [6, 6.07) is 15.1. The highest BCUT2D eigenvalue weighted by Gasteiger charge is 2.10. The van der Waals surface area contributed by atoms with E-state index in [2.05, 4.69) is 9.97 Å². The van der Waals surface area contributed by atoms with E-state index >= 15 is 0 Å². The van der Waals surface area contributed by atoms with Gasteiger partial charge in [-0.3, -0.25) is 9.36 Å². The molecule has 26 heavy (non-hydrogen) atoms. The van der Waals surface area contributed by atoms with Crippen LogP contribution in [0.4, 0.5) is 0 Å². The summed E-state index contributed by atoms with van der Waals surface area (Å²) in [5.74, 6) is 0.655. The highest BCUT2D eigenvalue weighted by atomic mass is 35.5. The molecule has 0 N–H and O–H groups in total. The molecular formula is C19H14ClN3OS2. The average Bonchev–Trinajstić information content (AvgIpc) is 3.13. The zero-order chi connectivity index (χ0) is 18.1. The smallest absolute Gasteiger partial charge is 0.261 e. The van der Waals surface area contributed by atoms with Gasteiger partial charge in [0.1, 0.15) is 5.01 Å². The van der Waals surface area contributed by atoms with Gasteiger partial charge in [-0.15, -0.1) is 11.3 Å². The molecular weight excluding hydrogens is 386 g/mol. The molecule has 0 aliphatic heterocycles. The van der Waals surface area contributed by atoms with Crippen molar-refractivity contribution in [1.29, 1.82) is 0 Å². The largest absolute Gasteiger partial charge is 0.290 e. The first-order chi connectivity index (χ1) is 12.6. The Labute approximate surface area is 163 Å². The molecule has 0 bridgehead atoms. The first-order valence-electron chi connectivity index (χ1n) is 7.91. The first kappa shape index (κ1) is 17.3. The second-order valence-electron chi connectivity index (χ2n) is 5.72. The van der Waals surface area contributed by atoms with Crippen molar-refractivity contribution in [1.82, 2.24) is 14.5 Å². The second kappa shape index (κ2) is 7.23.